The van der Waals surface area contributed by atoms with Crippen LogP contribution in [0.1, 0.15) is 42.6 Å². The van der Waals surface area contributed by atoms with Crippen molar-refractivity contribution in [2.45, 2.75) is 44.2 Å². The lowest BCUT2D eigenvalue weighted by molar-refractivity contribution is 0.0814. The molecule has 1 aliphatic carbocycles. The number of hydrogen-bond acceptors (Lipinski definition) is 4. The van der Waals surface area contributed by atoms with Crippen LogP contribution >= 0.6 is 0 Å². The molecular formula is C10H16N4O2. The summed E-state index contributed by atoms with van der Waals surface area (Å²) in [5.74, 6) is -0.278. The van der Waals surface area contributed by atoms with Gasteiger partial charge in [-0.25, -0.2) is 0 Å². The van der Waals surface area contributed by atoms with Crippen molar-refractivity contribution in [3.8, 4) is 0 Å². The first kappa shape index (κ1) is 11.1. The highest BCUT2D eigenvalue weighted by Gasteiger charge is 2.24. The molecule has 0 aliphatic heterocycles. The van der Waals surface area contributed by atoms with Gasteiger partial charge in [0, 0.05) is 0 Å². The second-order valence-corrected chi connectivity index (χ2v) is 4.14. The Morgan fingerprint density at radius 1 is 1.44 bits per heavy atom. The number of aromatic nitrogens is 3. The molecular weight excluding hydrogens is 208 g/mol. The van der Waals surface area contributed by atoms with E-state index in [1.807, 2.05) is 0 Å². The number of aromatic amines is 1. The van der Waals surface area contributed by atoms with Gasteiger partial charge in [-0.15, -0.1) is 0 Å². The van der Waals surface area contributed by atoms with Crippen molar-refractivity contribution >= 4 is 5.91 Å². The molecule has 0 aromatic carbocycles. The van der Waals surface area contributed by atoms with Gasteiger partial charge in [-0.2, -0.15) is 15.4 Å². The molecule has 6 heteroatoms. The van der Waals surface area contributed by atoms with E-state index in [1.165, 1.54) is 6.20 Å². The third kappa shape index (κ3) is 2.57. The molecule has 88 valence electrons. The fourth-order valence-electron chi connectivity index (χ4n) is 2.01. The zero-order valence-corrected chi connectivity index (χ0v) is 9.02. The Hall–Kier alpha value is -1.43. The molecule has 6 nitrogen and oxygen atoms in total. The maximum Gasteiger partial charge on any atom is 0.273 e. The first-order chi connectivity index (χ1) is 7.77. The van der Waals surface area contributed by atoms with Crippen LogP contribution in [-0.4, -0.2) is 38.6 Å². The summed E-state index contributed by atoms with van der Waals surface area (Å²) in [5, 5.41) is 22.3. The molecule has 0 bridgehead atoms. The summed E-state index contributed by atoms with van der Waals surface area (Å²) in [5.41, 5.74) is 0.261. The van der Waals surface area contributed by atoms with Crippen LogP contribution in [0.5, 0.6) is 0 Å². The van der Waals surface area contributed by atoms with E-state index in [9.17, 15) is 9.90 Å². The summed E-state index contributed by atoms with van der Waals surface area (Å²) in [6, 6.07) is -0.160. The number of hydrogen-bond donors (Lipinski definition) is 3. The lowest BCUT2D eigenvalue weighted by Gasteiger charge is -2.20. The fraction of sp³-hybridized carbons (Fsp3) is 0.700. The Morgan fingerprint density at radius 2 is 2.25 bits per heavy atom. The van der Waals surface area contributed by atoms with Crippen LogP contribution in [0.4, 0.5) is 0 Å². The van der Waals surface area contributed by atoms with E-state index in [-0.39, 0.29) is 17.6 Å². The minimum atomic E-state index is -0.446. The Kier molecular flexibility index (Phi) is 3.51. The maximum absolute atomic E-state index is 11.7. The zero-order chi connectivity index (χ0) is 11.4. The van der Waals surface area contributed by atoms with Gasteiger partial charge < -0.3 is 10.4 Å². The van der Waals surface area contributed by atoms with Gasteiger partial charge in [-0.05, 0) is 12.8 Å². The van der Waals surface area contributed by atoms with Crippen molar-refractivity contribution in [3.63, 3.8) is 0 Å². The summed E-state index contributed by atoms with van der Waals surface area (Å²) >= 11 is 0. The highest BCUT2D eigenvalue weighted by Crippen LogP contribution is 2.18. The van der Waals surface area contributed by atoms with Crippen LogP contribution in [0.15, 0.2) is 6.20 Å². The van der Waals surface area contributed by atoms with Crippen LogP contribution in [0, 0.1) is 0 Å². The van der Waals surface area contributed by atoms with Crippen LogP contribution in [0.25, 0.3) is 0 Å². The van der Waals surface area contributed by atoms with E-state index in [0.717, 1.165) is 32.1 Å². The smallest absolute Gasteiger partial charge is 0.273 e. The first-order valence-electron chi connectivity index (χ1n) is 5.62. The molecule has 0 spiro atoms. The molecule has 1 heterocycles. The van der Waals surface area contributed by atoms with Crippen molar-refractivity contribution in [1.82, 2.24) is 20.7 Å². The summed E-state index contributed by atoms with van der Waals surface area (Å²) in [4.78, 5) is 11.7. The molecule has 1 aromatic heterocycles. The van der Waals surface area contributed by atoms with Crippen molar-refractivity contribution < 1.29 is 9.90 Å². The van der Waals surface area contributed by atoms with Crippen LogP contribution in [0.2, 0.25) is 0 Å². The van der Waals surface area contributed by atoms with Gasteiger partial charge in [0.2, 0.25) is 0 Å². The highest BCUT2D eigenvalue weighted by atomic mass is 16.3. The quantitative estimate of drug-likeness (QED) is 0.627. The average Bonchev–Trinajstić information content (AvgIpc) is 2.73. The van der Waals surface area contributed by atoms with E-state index in [4.69, 9.17) is 0 Å². The SMILES string of the molecule is O=C(NC1CCCCCC1O)c1cn[nH]n1. The highest BCUT2D eigenvalue weighted by molar-refractivity contribution is 5.92. The van der Waals surface area contributed by atoms with Gasteiger partial charge >= 0.3 is 0 Å². The van der Waals surface area contributed by atoms with Crippen LogP contribution in [0.3, 0.4) is 0 Å². The second-order valence-electron chi connectivity index (χ2n) is 4.14. The molecule has 2 unspecified atom stereocenters. The van der Waals surface area contributed by atoms with Gasteiger partial charge in [0.15, 0.2) is 5.69 Å². The molecule has 2 atom stereocenters. The predicted octanol–water partition coefficient (Wildman–Crippen LogP) is 0.228. The monoisotopic (exact) mass is 224 g/mol. The second kappa shape index (κ2) is 5.07. The molecule has 2 rings (SSSR count). The number of H-pyrrole nitrogens is 1. The molecule has 1 aromatic rings. The van der Waals surface area contributed by atoms with E-state index in [1.54, 1.807) is 0 Å². The van der Waals surface area contributed by atoms with Gasteiger partial charge in [0.05, 0.1) is 18.3 Å². The lowest BCUT2D eigenvalue weighted by Crippen LogP contribution is -2.42. The van der Waals surface area contributed by atoms with Crippen molar-refractivity contribution in [2.24, 2.45) is 0 Å². The van der Waals surface area contributed by atoms with Crippen molar-refractivity contribution in [3.05, 3.63) is 11.9 Å². The normalized spacial score (nSPS) is 26.1. The number of carbonyl (C=O) groups is 1. The Bertz CT molecular complexity index is 339. The largest absolute Gasteiger partial charge is 0.391 e. The van der Waals surface area contributed by atoms with Crippen molar-refractivity contribution in [2.75, 3.05) is 0 Å². The van der Waals surface area contributed by atoms with Crippen LogP contribution in [-0.2, 0) is 0 Å². The number of nitrogens with one attached hydrogen (secondary N) is 2. The minimum Gasteiger partial charge on any atom is -0.391 e. The number of amides is 1. The fourth-order valence-corrected chi connectivity index (χ4v) is 2.01. The molecule has 3 N–H and O–H groups in total. The van der Waals surface area contributed by atoms with E-state index in [0.29, 0.717) is 0 Å². The Labute approximate surface area is 93.4 Å². The Morgan fingerprint density at radius 3 is 3.00 bits per heavy atom. The topological polar surface area (TPSA) is 90.9 Å². The number of aliphatic hydroxyl groups is 1. The Balaban J connectivity index is 1.95. The molecule has 1 amide bonds. The zero-order valence-electron chi connectivity index (χ0n) is 9.02. The van der Waals surface area contributed by atoms with Gasteiger partial charge in [-0.1, -0.05) is 19.3 Å². The molecule has 0 saturated heterocycles. The third-order valence-corrected chi connectivity index (χ3v) is 2.94. The van der Waals surface area contributed by atoms with E-state index in [2.05, 4.69) is 20.7 Å². The van der Waals surface area contributed by atoms with Crippen molar-refractivity contribution in [1.29, 1.82) is 0 Å². The predicted molar refractivity (Wildman–Crippen MR) is 56.7 cm³/mol. The summed E-state index contributed by atoms with van der Waals surface area (Å²) < 4.78 is 0. The van der Waals surface area contributed by atoms with E-state index >= 15 is 0 Å². The number of rotatable bonds is 2. The molecule has 1 saturated carbocycles. The summed E-state index contributed by atoms with van der Waals surface area (Å²) in [6.45, 7) is 0. The molecule has 16 heavy (non-hydrogen) atoms. The third-order valence-electron chi connectivity index (χ3n) is 2.94. The molecule has 0 radical (unpaired) electrons. The molecule has 1 fully saturated rings. The van der Waals surface area contributed by atoms with Gasteiger partial charge in [0.1, 0.15) is 0 Å². The molecule has 1 aliphatic rings. The average molecular weight is 224 g/mol. The number of carbonyl (C=O) groups excluding carboxylic acids is 1. The number of aliphatic hydroxyl groups excluding tert-OH is 1. The lowest BCUT2D eigenvalue weighted by atomic mass is 10.1. The van der Waals surface area contributed by atoms with Crippen LogP contribution < -0.4 is 5.32 Å². The maximum atomic E-state index is 11.7. The minimum absolute atomic E-state index is 0.160. The number of nitrogens with zero attached hydrogens (tertiary/aromatic N) is 2. The summed E-state index contributed by atoms with van der Waals surface area (Å²) in [6.07, 6.45) is 5.69. The van der Waals surface area contributed by atoms with E-state index < -0.39 is 6.10 Å². The van der Waals surface area contributed by atoms with Gasteiger partial charge in [-0.3, -0.25) is 4.79 Å². The van der Waals surface area contributed by atoms with Gasteiger partial charge in [0.25, 0.3) is 5.91 Å². The summed E-state index contributed by atoms with van der Waals surface area (Å²) in [7, 11) is 0. The first-order valence-corrected chi connectivity index (χ1v) is 5.62. The standard InChI is InChI=1S/C10H16N4O2/c15-9-5-3-1-2-4-7(9)12-10(16)8-6-11-14-13-8/h6-7,9,15H,1-5H2,(H,12,16)(H,11,13,14).